The minimum absolute atomic E-state index is 0.484. The molecule has 1 nitrogen and oxygen atoms in total. The monoisotopic (exact) mass is 343 g/mol. The molecule has 0 bridgehead atoms. The van der Waals surface area contributed by atoms with E-state index in [0.717, 1.165) is 21.8 Å². The predicted octanol–water partition coefficient (Wildman–Crippen LogP) is 4.71. The SMILES string of the molecule is CNCC(Cc1ccc(Cl)s1)c1ccc(Br)cc1. The van der Waals surface area contributed by atoms with Crippen molar-refractivity contribution in [3.8, 4) is 0 Å². The maximum absolute atomic E-state index is 5.98. The Hall–Kier alpha value is -0.350. The molecule has 0 spiro atoms. The Morgan fingerprint density at radius 3 is 2.50 bits per heavy atom. The number of likely N-dealkylation sites (N-methyl/N-ethyl adjacent to an activating group) is 1. The minimum Gasteiger partial charge on any atom is -0.319 e. The minimum atomic E-state index is 0.484. The summed E-state index contributed by atoms with van der Waals surface area (Å²) in [5, 5.41) is 3.27. The third-order valence-corrected chi connectivity index (χ3v) is 4.65. The first-order chi connectivity index (χ1) is 8.69. The van der Waals surface area contributed by atoms with Gasteiger partial charge in [-0.1, -0.05) is 39.7 Å². The zero-order valence-electron chi connectivity index (χ0n) is 10.1. The van der Waals surface area contributed by atoms with Crippen LogP contribution in [0.2, 0.25) is 4.34 Å². The summed E-state index contributed by atoms with van der Waals surface area (Å²) in [5.74, 6) is 0.484. The Balaban J connectivity index is 2.14. The van der Waals surface area contributed by atoms with Crippen LogP contribution in [0.4, 0.5) is 0 Å². The van der Waals surface area contributed by atoms with Crippen LogP contribution in [0.3, 0.4) is 0 Å². The van der Waals surface area contributed by atoms with Crippen LogP contribution in [0.25, 0.3) is 0 Å². The van der Waals surface area contributed by atoms with Gasteiger partial charge < -0.3 is 5.32 Å². The van der Waals surface area contributed by atoms with Crippen LogP contribution in [0, 0.1) is 0 Å². The van der Waals surface area contributed by atoms with Crippen LogP contribution in [0.15, 0.2) is 40.9 Å². The Labute approximate surface area is 125 Å². The Bertz CT molecular complexity index is 495. The van der Waals surface area contributed by atoms with Gasteiger partial charge in [0.1, 0.15) is 0 Å². The van der Waals surface area contributed by atoms with Gasteiger partial charge >= 0.3 is 0 Å². The molecule has 4 heteroatoms. The zero-order valence-corrected chi connectivity index (χ0v) is 13.3. The van der Waals surface area contributed by atoms with E-state index in [2.05, 4.69) is 51.6 Å². The molecule has 1 aromatic carbocycles. The van der Waals surface area contributed by atoms with E-state index in [9.17, 15) is 0 Å². The maximum atomic E-state index is 5.98. The standard InChI is InChI=1S/C14H15BrClNS/c1-17-9-11(8-13-6-7-14(16)18-13)10-2-4-12(15)5-3-10/h2-7,11,17H,8-9H2,1H3. The van der Waals surface area contributed by atoms with Gasteiger partial charge in [0.2, 0.25) is 0 Å². The van der Waals surface area contributed by atoms with E-state index in [1.54, 1.807) is 11.3 Å². The molecule has 1 aromatic heterocycles. The Kier molecular flexibility index (Phi) is 5.25. The molecule has 96 valence electrons. The van der Waals surface area contributed by atoms with E-state index < -0.39 is 0 Å². The highest BCUT2D eigenvalue weighted by Gasteiger charge is 2.12. The van der Waals surface area contributed by atoms with Crippen molar-refractivity contribution in [2.45, 2.75) is 12.3 Å². The van der Waals surface area contributed by atoms with Crippen molar-refractivity contribution >= 4 is 38.9 Å². The molecule has 0 radical (unpaired) electrons. The molecule has 0 aliphatic heterocycles. The number of benzene rings is 1. The summed E-state index contributed by atoms with van der Waals surface area (Å²) in [6, 6.07) is 12.6. The van der Waals surface area contributed by atoms with Gasteiger partial charge in [-0.3, -0.25) is 0 Å². The van der Waals surface area contributed by atoms with E-state index in [-0.39, 0.29) is 0 Å². The van der Waals surface area contributed by atoms with Gasteiger partial charge in [-0.05, 0) is 43.3 Å². The largest absolute Gasteiger partial charge is 0.319 e. The Morgan fingerprint density at radius 1 is 1.22 bits per heavy atom. The molecule has 1 N–H and O–H groups in total. The fourth-order valence-electron chi connectivity index (χ4n) is 1.99. The van der Waals surface area contributed by atoms with Crippen LogP contribution in [-0.4, -0.2) is 13.6 Å². The quantitative estimate of drug-likeness (QED) is 0.828. The fraction of sp³-hybridized carbons (Fsp3) is 0.286. The number of rotatable bonds is 5. The second kappa shape index (κ2) is 6.71. The van der Waals surface area contributed by atoms with E-state index in [1.807, 2.05) is 13.1 Å². The molecule has 18 heavy (non-hydrogen) atoms. The summed E-state index contributed by atoms with van der Waals surface area (Å²) >= 11 is 11.1. The van der Waals surface area contributed by atoms with Gasteiger partial charge in [0, 0.05) is 21.8 Å². The summed E-state index contributed by atoms with van der Waals surface area (Å²) in [6.07, 6.45) is 1.03. The van der Waals surface area contributed by atoms with E-state index in [0.29, 0.717) is 5.92 Å². The molecule has 0 aliphatic rings. The van der Waals surface area contributed by atoms with Crippen LogP contribution in [0.1, 0.15) is 16.4 Å². The van der Waals surface area contributed by atoms with Crippen LogP contribution in [-0.2, 0) is 6.42 Å². The lowest BCUT2D eigenvalue weighted by molar-refractivity contribution is 0.630. The third kappa shape index (κ3) is 3.82. The average molecular weight is 345 g/mol. The molecular formula is C14H15BrClNS. The van der Waals surface area contributed by atoms with Crippen molar-refractivity contribution in [2.24, 2.45) is 0 Å². The number of thiophene rings is 1. The maximum Gasteiger partial charge on any atom is 0.0931 e. The van der Waals surface area contributed by atoms with Crippen molar-refractivity contribution in [3.05, 3.63) is 55.6 Å². The van der Waals surface area contributed by atoms with Crippen molar-refractivity contribution in [1.29, 1.82) is 0 Å². The smallest absolute Gasteiger partial charge is 0.0931 e. The molecule has 0 amide bonds. The van der Waals surface area contributed by atoms with Gasteiger partial charge in [-0.15, -0.1) is 11.3 Å². The van der Waals surface area contributed by atoms with Gasteiger partial charge in [0.25, 0.3) is 0 Å². The molecule has 1 heterocycles. The van der Waals surface area contributed by atoms with Gasteiger partial charge in [0.15, 0.2) is 0 Å². The Morgan fingerprint density at radius 2 is 1.94 bits per heavy atom. The van der Waals surface area contributed by atoms with Gasteiger partial charge in [-0.25, -0.2) is 0 Å². The molecule has 1 atom stereocenters. The van der Waals surface area contributed by atoms with Crippen LogP contribution in [0.5, 0.6) is 0 Å². The second-order valence-electron chi connectivity index (χ2n) is 4.22. The molecule has 0 aliphatic carbocycles. The van der Waals surface area contributed by atoms with Gasteiger partial charge in [0.05, 0.1) is 4.34 Å². The molecule has 1 unspecified atom stereocenters. The number of halogens is 2. The second-order valence-corrected chi connectivity index (χ2v) is 6.93. The third-order valence-electron chi connectivity index (χ3n) is 2.87. The summed E-state index contributed by atoms with van der Waals surface area (Å²) in [4.78, 5) is 1.34. The molecule has 0 saturated carbocycles. The van der Waals surface area contributed by atoms with Crippen LogP contribution >= 0.6 is 38.9 Å². The lowest BCUT2D eigenvalue weighted by Crippen LogP contribution is -2.18. The van der Waals surface area contributed by atoms with Crippen molar-refractivity contribution in [1.82, 2.24) is 5.32 Å². The van der Waals surface area contributed by atoms with E-state index >= 15 is 0 Å². The summed E-state index contributed by atoms with van der Waals surface area (Å²) in [7, 11) is 1.99. The highest BCUT2D eigenvalue weighted by Crippen LogP contribution is 2.28. The first kappa shape index (κ1) is 14.1. The average Bonchev–Trinajstić information content (AvgIpc) is 2.75. The number of hydrogen-bond acceptors (Lipinski definition) is 2. The van der Waals surface area contributed by atoms with Crippen molar-refractivity contribution in [2.75, 3.05) is 13.6 Å². The molecule has 0 saturated heterocycles. The lowest BCUT2D eigenvalue weighted by atomic mass is 9.95. The molecule has 0 fully saturated rings. The highest BCUT2D eigenvalue weighted by molar-refractivity contribution is 9.10. The first-order valence-electron chi connectivity index (χ1n) is 5.83. The molecular weight excluding hydrogens is 330 g/mol. The fourth-order valence-corrected chi connectivity index (χ4v) is 3.43. The molecule has 2 rings (SSSR count). The summed E-state index contributed by atoms with van der Waals surface area (Å²) < 4.78 is 1.98. The van der Waals surface area contributed by atoms with Gasteiger partial charge in [-0.2, -0.15) is 0 Å². The predicted molar refractivity (Wildman–Crippen MR) is 83.8 cm³/mol. The van der Waals surface area contributed by atoms with E-state index in [1.165, 1.54) is 10.4 Å². The molecule has 2 aromatic rings. The summed E-state index contributed by atoms with van der Waals surface area (Å²) in [5.41, 5.74) is 1.36. The van der Waals surface area contributed by atoms with E-state index in [4.69, 9.17) is 11.6 Å². The highest BCUT2D eigenvalue weighted by atomic mass is 79.9. The van der Waals surface area contributed by atoms with Crippen molar-refractivity contribution in [3.63, 3.8) is 0 Å². The van der Waals surface area contributed by atoms with Crippen LogP contribution < -0.4 is 5.32 Å². The lowest BCUT2D eigenvalue weighted by Gasteiger charge is -2.16. The topological polar surface area (TPSA) is 12.0 Å². The first-order valence-corrected chi connectivity index (χ1v) is 7.82. The number of hydrogen-bond donors (Lipinski definition) is 1. The summed E-state index contributed by atoms with van der Waals surface area (Å²) in [6.45, 7) is 0.969. The number of nitrogens with one attached hydrogen (secondary N) is 1. The van der Waals surface area contributed by atoms with Crippen molar-refractivity contribution < 1.29 is 0 Å². The normalized spacial score (nSPS) is 12.6. The zero-order chi connectivity index (χ0) is 13.0.